The van der Waals surface area contributed by atoms with E-state index in [-0.39, 0.29) is 31.0 Å². The van der Waals surface area contributed by atoms with Crippen LogP contribution in [0.3, 0.4) is 0 Å². The van der Waals surface area contributed by atoms with E-state index in [0.717, 1.165) is 27.9 Å². The molecule has 4 aromatic rings. The fourth-order valence-electron chi connectivity index (χ4n) is 7.27. The molecule has 0 saturated carbocycles. The molecular formula is C42H53N9O8S. The van der Waals surface area contributed by atoms with Crippen LogP contribution in [0.15, 0.2) is 73.1 Å². The van der Waals surface area contributed by atoms with Crippen LogP contribution in [0, 0.1) is 11.8 Å². The number of nitrogens with one attached hydrogen (secondary N) is 4. The van der Waals surface area contributed by atoms with Crippen LogP contribution in [0.25, 0.3) is 33.6 Å². The van der Waals surface area contributed by atoms with E-state index in [2.05, 4.69) is 30.6 Å². The van der Waals surface area contributed by atoms with E-state index in [1.807, 2.05) is 74.5 Å². The highest BCUT2D eigenvalue weighted by Crippen LogP contribution is 2.34. The number of hydrogen-bond acceptors (Lipinski definition) is 10. The van der Waals surface area contributed by atoms with E-state index >= 15 is 0 Å². The smallest absolute Gasteiger partial charge is 0.407 e. The van der Waals surface area contributed by atoms with Crippen molar-refractivity contribution in [1.82, 2.24) is 44.7 Å². The van der Waals surface area contributed by atoms with Crippen LogP contribution in [0.4, 0.5) is 9.59 Å². The number of ether oxygens (including phenoxy) is 2. The molecule has 18 heteroatoms. The van der Waals surface area contributed by atoms with Crippen molar-refractivity contribution in [3.05, 3.63) is 84.7 Å². The third-order valence-electron chi connectivity index (χ3n) is 10.8. The lowest BCUT2D eigenvalue weighted by atomic mass is 10.0. The number of imidazole rings is 2. The maximum atomic E-state index is 13.9. The van der Waals surface area contributed by atoms with Crippen LogP contribution in [0.1, 0.15) is 65.3 Å². The molecule has 0 radical (unpaired) electrons. The van der Waals surface area contributed by atoms with E-state index in [0.29, 0.717) is 23.9 Å². The van der Waals surface area contributed by atoms with Gasteiger partial charge >= 0.3 is 12.2 Å². The molecule has 4 N–H and O–H groups in total. The van der Waals surface area contributed by atoms with Gasteiger partial charge in [0.05, 0.1) is 49.9 Å². The molecule has 0 aliphatic carbocycles. The molecule has 2 aliphatic heterocycles. The van der Waals surface area contributed by atoms with E-state index in [1.54, 1.807) is 45.0 Å². The Labute approximate surface area is 350 Å². The number of aromatic amines is 2. The number of H-pyrrole nitrogens is 2. The minimum atomic E-state index is -3.72. The molecule has 0 bridgehead atoms. The minimum Gasteiger partial charge on any atom is -0.453 e. The number of rotatable bonds is 13. The Bertz CT molecular complexity index is 2320. The largest absolute Gasteiger partial charge is 0.453 e. The van der Waals surface area contributed by atoms with Gasteiger partial charge in [0.25, 0.3) is 0 Å². The van der Waals surface area contributed by atoms with Crippen molar-refractivity contribution < 1.29 is 37.1 Å². The van der Waals surface area contributed by atoms with Crippen molar-refractivity contribution in [3.63, 3.8) is 0 Å². The van der Waals surface area contributed by atoms with E-state index < -0.39 is 57.5 Å². The second-order valence-corrected chi connectivity index (χ2v) is 18.3. The quantitative estimate of drug-likeness (QED) is 0.129. The molecule has 4 heterocycles. The van der Waals surface area contributed by atoms with Crippen LogP contribution >= 0.6 is 0 Å². The van der Waals surface area contributed by atoms with E-state index in [1.165, 1.54) is 23.4 Å². The first-order valence-electron chi connectivity index (χ1n) is 19.8. The first kappa shape index (κ1) is 43.6. The summed E-state index contributed by atoms with van der Waals surface area (Å²) < 4.78 is 37.3. The van der Waals surface area contributed by atoms with Gasteiger partial charge < -0.3 is 39.9 Å². The molecule has 2 aliphatic rings. The van der Waals surface area contributed by atoms with Gasteiger partial charge in [0.1, 0.15) is 35.8 Å². The molecule has 4 atom stereocenters. The van der Waals surface area contributed by atoms with Gasteiger partial charge in [-0.05, 0) is 47.9 Å². The summed E-state index contributed by atoms with van der Waals surface area (Å²) in [6.45, 7) is 10.7. The highest BCUT2D eigenvalue weighted by atomic mass is 32.2. The molecule has 1 saturated heterocycles. The second kappa shape index (κ2) is 18.1. The van der Waals surface area contributed by atoms with Crippen LogP contribution in [0.2, 0.25) is 0 Å². The predicted molar refractivity (Wildman–Crippen MR) is 224 cm³/mol. The number of benzene rings is 2. The number of amides is 4. The van der Waals surface area contributed by atoms with Gasteiger partial charge in [-0.2, -0.15) is 4.31 Å². The average molecular weight is 844 g/mol. The maximum Gasteiger partial charge on any atom is 0.407 e. The van der Waals surface area contributed by atoms with Gasteiger partial charge in [0.2, 0.25) is 21.8 Å². The molecule has 2 unspecified atom stereocenters. The summed E-state index contributed by atoms with van der Waals surface area (Å²) in [5.41, 5.74) is 5.17. The topological polar surface area (TPSA) is 212 Å². The summed E-state index contributed by atoms with van der Waals surface area (Å²) in [5.74, 6) is -0.107. The number of hydrogen-bond donors (Lipinski definition) is 4. The van der Waals surface area contributed by atoms with Gasteiger partial charge in [-0.3, -0.25) is 9.59 Å². The SMILES string of the molecule is COC(=O)N[C@H](C(=O)N1CC=CC1c1ncc(-c2ccc(-c3ccc(-c4cnc(C5CN(S(=O)(=O)C(C)C)CN5C(=O)[C@@H](NC(=O)OC)C(C)C)[nH]4)cc3)cc2)[nH]1)C(C)C. The highest BCUT2D eigenvalue weighted by molar-refractivity contribution is 7.89. The molecule has 1 fully saturated rings. The summed E-state index contributed by atoms with van der Waals surface area (Å²) in [6.07, 6.45) is 5.80. The zero-order chi connectivity index (χ0) is 43.5. The van der Waals surface area contributed by atoms with E-state index in [9.17, 15) is 27.6 Å². The van der Waals surface area contributed by atoms with Crippen molar-refractivity contribution >= 4 is 34.0 Å². The average Bonchev–Trinajstić information content (AvgIpc) is 4.07. The number of nitrogens with zero attached hydrogens (tertiary/aromatic N) is 5. The van der Waals surface area contributed by atoms with Crippen LogP contribution in [-0.4, -0.2) is 118 Å². The number of alkyl carbamates (subject to hydrolysis) is 2. The Morgan fingerprint density at radius 3 is 1.62 bits per heavy atom. The lowest BCUT2D eigenvalue weighted by Gasteiger charge is -2.29. The number of carbonyl (C=O) groups is 4. The van der Waals surface area contributed by atoms with Gasteiger partial charge in [0.15, 0.2) is 0 Å². The number of methoxy groups -OCH3 is 2. The molecular weight excluding hydrogens is 791 g/mol. The van der Waals surface area contributed by atoms with Gasteiger partial charge in [-0.25, -0.2) is 28.0 Å². The lowest BCUT2D eigenvalue weighted by molar-refractivity contribution is -0.136. The van der Waals surface area contributed by atoms with Crippen LogP contribution in [0.5, 0.6) is 0 Å². The predicted octanol–water partition coefficient (Wildman–Crippen LogP) is 5.22. The third kappa shape index (κ3) is 9.08. The molecule has 6 rings (SSSR count). The molecule has 60 heavy (non-hydrogen) atoms. The maximum absolute atomic E-state index is 13.9. The Kier molecular flexibility index (Phi) is 13.1. The Morgan fingerprint density at radius 2 is 1.15 bits per heavy atom. The number of carbonyl (C=O) groups excluding carboxylic acids is 4. The van der Waals surface area contributed by atoms with Crippen molar-refractivity contribution in [3.8, 4) is 33.6 Å². The third-order valence-corrected chi connectivity index (χ3v) is 13.0. The molecule has 17 nitrogen and oxygen atoms in total. The minimum absolute atomic E-state index is 0.00169. The number of sulfonamides is 1. The fourth-order valence-corrected chi connectivity index (χ4v) is 8.50. The zero-order valence-corrected chi connectivity index (χ0v) is 35.8. The summed E-state index contributed by atoms with van der Waals surface area (Å²) in [6, 6.07) is 13.1. The van der Waals surface area contributed by atoms with Gasteiger partial charge in [-0.15, -0.1) is 0 Å². The van der Waals surface area contributed by atoms with Crippen molar-refractivity contribution in [2.45, 2.75) is 71.0 Å². The van der Waals surface area contributed by atoms with Crippen molar-refractivity contribution in [2.75, 3.05) is 34.0 Å². The highest BCUT2D eigenvalue weighted by Gasteiger charge is 2.45. The Hall–Kier alpha value is -6.01. The monoisotopic (exact) mass is 843 g/mol. The van der Waals surface area contributed by atoms with Crippen molar-refractivity contribution in [2.24, 2.45) is 11.8 Å². The first-order valence-corrected chi connectivity index (χ1v) is 21.3. The lowest BCUT2D eigenvalue weighted by Crippen LogP contribution is -2.51. The summed E-state index contributed by atoms with van der Waals surface area (Å²) in [4.78, 5) is 70.5. The molecule has 4 amide bonds. The van der Waals surface area contributed by atoms with Crippen LogP contribution < -0.4 is 10.6 Å². The molecule has 2 aromatic heterocycles. The Morgan fingerprint density at radius 1 is 0.700 bits per heavy atom. The normalized spacial score (nSPS) is 18.0. The fraction of sp³-hybridized carbons (Fsp3) is 0.429. The molecule has 0 spiro atoms. The summed E-state index contributed by atoms with van der Waals surface area (Å²) in [5, 5.41) is 4.55. The second-order valence-electron chi connectivity index (χ2n) is 15.8. The zero-order valence-electron chi connectivity index (χ0n) is 35.0. The van der Waals surface area contributed by atoms with Crippen molar-refractivity contribution in [1.29, 1.82) is 0 Å². The van der Waals surface area contributed by atoms with Gasteiger partial charge in [-0.1, -0.05) is 88.4 Å². The summed E-state index contributed by atoms with van der Waals surface area (Å²) >= 11 is 0. The standard InChI is InChI=1S/C42H53N9O8S/c1-24(2)35(47-41(54)58-7)39(52)50-19-9-10-33(50)37-43-20-31(45-37)29-15-11-27(12-16-29)28-13-17-30(18-14-28)32-21-44-38(46-32)34-22-49(60(56,57)26(5)6)23-51(34)40(53)36(25(3)4)48-42(55)59-8/h9-18,20-21,24-26,33-36H,19,22-23H2,1-8H3,(H,43,45)(H,44,46)(H,47,54)(H,48,55)/t33?,34?,35-,36-/m0/s1. The summed E-state index contributed by atoms with van der Waals surface area (Å²) in [7, 11) is -1.24. The Balaban J connectivity index is 1.16. The first-order chi connectivity index (χ1) is 28.5. The molecule has 2 aromatic carbocycles. The molecule has 320 valence electrons. The van der Waals surface area contributed by atoms with E-state index in [4.69, 9.17) is 9.47 Å². The van der Waals surface area contributed by atoms with Gasteiger partial charge in [0, 0.05) is 13.1 Å². The van der Waals surface area contributed by atoms with Crippen LogP contribution in [-0.2, 0) is 29.1 Å². The number of aromatic nitrogens is 4.